The molecule has 0 spiro atoms. The average molecular weight is 252 g/mol. The number of benzene rings is 1. The van der Waals surface area contributed by atoms with Gasteiger partial charge in [0.1, 0.15) is 0 Å². The van der Waals surface area contributed by atoms with E-state index in [0.29, 0.717) is 13.2 Å². The second-order valence-corrected chi connectivity index (χ2v) is 4.44. The van der Waals surface area contributed by atoms with E-state index in [9.17, 15) is 0 Å². The second-order valence-electron chi connectivity index (χ2n) is 4.44. The molecule has 0 unspecified atom stereocenters. The number of anilines is 1. The topological polar surface area (TPSA) is 47.7 Å². The van der Waals surface area contributed by atoms with Crippen molar-refractivity contribution in [2.24, 2.45) is 0 Å². The number of methoxy groups -OCH3 is 1. The highest BCUT2D eigenvalue weighted by Crippen LogP contribution is 2.08. The summed E-state index contributed by atoms with van der Waals surface area (Å²) in [4.78, 5) is 2.27. The zero-order chi connectivity index (χ0) is 13.2. The highest BCUT2D eigenvalue weighted by Gasteiger charge is 2.00. The minimum Gasteiger partial charge on any atom is -0.399 e. The number of hydrogen-bond donors (Lipinski definition) is 1. The number of nitrogens with two attached hydrogens (primary N) is 1. The van der Waals surface area contributed by atoms with Crippen molar-refractivity contribution < 1.29 is 9.47 Å². The highest BCUT2D eigenvalue weighted by atomic mass is 16.5. The van der Waals surface area contributed by atoms with E-state index in [1.807, 2.05) is 18.2 Å². The van der Waals surface area contributed by atoms with Crippen LogP contribution in [0.3, 0.4) is 0 Å². The van der Waals surface area contributed by atoms with E-state index in [4.69, 9.17) is 15.2 Å². The van der Waals surface area contributed by atoms with Gasteiger partial charge in [-0.1, -0.05) is 12.1 Å². The van der Waals surface area contributed by atoms with Crippen LogP contribution < -0.4 is 5.73 Å². The summed E-state index contributed by atoms with van der Waals surface area (Å²) in [5.41, 5.74) is 7.82. The van der Waals surface area contributed by atoms with Crippen LogP contribution in [0.25, 0.3) is 0 Å². The van der Waals surface area contributed by atoms with Crippen LogP contribution >= 0.6 is 0 Å². The molecule has 0 saturated heterocycles. The van der Waals surface area contributed by atoms with Gasteiger partial charge in [-0.25, -0.2) is 0 Å². The average Bonchev–Trinajstić information content (AvgIpc) is 2.33. The minimum absolute atomic E-state index is 0.666. The lowest BCUT2D eigenvalue weighted by Gasteiger charge is -2.16. The Labute approximate surface area is 110 Å². The maximum atomic E-state index is 5.75. The molecule has 0 aliphatic rings. The summed E-state index contributed by atoms with van der Waals surface area (Å²) in [5, 5.41) is 0. The lowest BCUT2D eigenvalue weighted by Crippen LogP contribution is -2.20. The van der Waals surface area contributed by atoms with Gasteiger partial charge in [0.2, 0.25) is 0 Å². The first-order chi connectivity index (χ1) is 8.72. The number of nitrogen functional groups attached to an aromatic ring is 1. The molecule has 0 saturated carbocycles. The minimum atomic E-state index is 0.666. The molecule has 0 radical (unpaired) electrons. The molecule has 1 aromatic carbocycles. The molecule has 4 heteroatoms. The van der Waals surface area contributed by atoms with E-state index in [-0.39, 0.29) is 0 Å². The van der Waals surface area contributed by atoms with Crippen molar-refractivity contribution >= 4 is 5.69 Å². The van der Waals surface area contributed by atoms with Crippen molar-refractivity contribution in [3.05, 3.63) is 29.8 Å². The maximum absolute atomic E-state index is 5.75. The molecule has 0 fully saturated rings. The van der Waals surface area contributed by atoms with Gasteiger partial charge in [0.15, 0.2) is 0 Å². The monoisotopic (exact) mass is 252 g/mol. The van der Waals surface area contributed by atoms with Crippen molar-refractivity contribution in [3.63, 3.8) is 0 Å². The molecule has 1 aromatic rings. The van der Waals surface area contributed by atoms with E-state index < -0.39 is 0 Å². The van der Waals surface area contributed by atoms with Crippen LogP contribution in [0.15, 0.2) is 24.3 Å². The van der Waals surface area contributed by atoms with E-state index in [0.717, 1.165) is 31.8 Å². The molecule has 0 amide bonds. The highest BCUT2D eigenvalue weighted by molar-refractivity contribution is 5.40. The summed E-state index contributed by atoms with van der Waals surface area (Å²) >= 11 is 0. The van der Waals surface area contributed by atoms with Gasteiger partial charge in [0.25, 0.3) is 0 Å². The van der Waals surface area contributed by atoms with E-state index >= 15 is 0 Å². The predicted octanol–water partition coefficient (Wildman–Crippen LogP) is 1.75. The Morgan fingerprint density at radius 2 is 2.06 bits per heavy atom. The van der Waals surface area contributed by atoms with Crippen molar-refractivity contribution in [1.29, 1.82) is 0 Å². The summed E-state index contributed by atoms with van der Waals surface area (Å²) in [6.07, 6.45) is 1.03. The molecular formula is C14H24N2O2. The number of nitrogens with zero attached hydrogens (tertiary/aromatic N) is 1. The normalized spacial score (nSPS) is 11.1. The molecule has 0 aliphatic heterocycles. The van der Waals surface area contributed by atoms with Crippen LogP contribution in [-0.2, 0) is 16.0 Å². The molecule has 18 heavy (non-hydrogen) atoms. The molecule has 0 heterocycles. The zero-order valence-corrected chi connectivity index (χ0v) is 11.4. The van der Waals surface area contributed by atoms with Gasteiger partial charge in [-0.3, -0.25) is 0 Å². The number of rotatable bonds is 9. The smallest absolute Gasteiger partial charge is 0.0700 e. The standard InChI is InChI=1S/C14H24N2O2/c1-16(7-4-8-18-10-9-17-2)12-13-5-3-6-14(15)11-13/h3,5-6,11H,4,7-10,12,15H2,1-2H3. The van der Waals surface area contributed by atoms with Crippen LogP contribution in [0.2, 0.25) is 0 Å². The third kappa shape index (κ3) is 6.59. The van der Waals surface area contributed by atoms with Gasteiger partial charge in [0.05, 0.1) is 13.2 Å². The van der Waals surface area contributed by atoms with Gasteiger partial charge >= 0.3 is 0 Å². The van der Waals surface area contributed by atoms with Crippen molar-refractivity contribution in [1.82, 2.24) is 4.90 Å². The van der Waals surface area contributed by atoms with Crippen LogP contribution in [0.4, 0.5) is 5.69 Å². The van der Waals surface area contributed by atoms with Crippen LogP contribution in [0, 0.1) is 0 Å². The first kappa shape index (κ1) is 15.0. The predicted molar refractivity (Wildman–Crippen MR) is 74.5 cm³/mol. The molecule has 0 aromatic heterocycles. The quantitative estimate of drug-likeness (QED) is 0.537. The maximum Gasteiger partial charge on any atom is 0.0700 e. The third-order valence-corrected chi connectivity index (χ3v) is 2.66. The Morgan fingerprint density at radius 3 is 2.78 bits per heavy atom. The second kappa shape index (κ2) is 8.91. The molecule has 1 rings (SSSR count). The lowest BCUT2D eigenvalue weighted by molar-refractivity contribution is 0.0660. The number of ether oxygens (including phenoxy) is 2. The Morgan fingerprint density at radius 1 is 1.22 bits per heavy atom. The largest absolute Gasteiger partial charge is 0.399 e. The summed E-state index contributed by atoms with van der Waals surface area (Å²) in [6, 6.07) is 8.02. The first-order valence-electron chi connectivity index (χ1n) is 6.32. The molecular weight excluding hydrogens is 228 g/mol. The van der Waals surface area contributed by atoms with Crippen LogP contribution in [0.5, 0.6) is 0 Å². The number of hydrogen-bond acceptors (Lipinski definition) is 4. The summed E-state index contributed by atoms with van der Waals surface area (Å²) in [6.45, 7) is 4.06. The van der Waals surface area contributed by atoms with Crippen molar-refractivity contribution in [3.8, 4) is 0 Å². The fourth-order valence-electron chi connectivity index (χ4n) is 1.76. The van der Waals surface area contributed by atoms with Gasteiger partial charge in [-0.05, 0) is 31.2 Å². The Kier molecular flexibility index (Phi) is 7.41. The van der Waals surface area contributed by atoms with Gasteiger partial charge < -0.3 is 20.1 Å². The summed E-state index contributed by atoms with van der Waals surface area (Å²) in [5.74, 6) is 0. The van der Waals surface area contributed by atoms with E-state index in [1.54, 1.807) is 7.11 Å². The molecule has 0 atom stereocenters. The molecule has 2 N–H and O–H groups in total. The molecule has 102 valence electrons. The van der Waals surface area contributed by atoms with Crippen LogP contribution in [-0.4, -0.2) is 45.4 Å². The molecule has 4 nitrogen and oxygen atoms in total. The molecule has 0 aliphatic carbocycles. The van der Waals surface area contributed by atoms with Gasteiger partial charge in [0, 0.05) is 32.5 Å². The SMILES string of the molecule is COCCOCCCN(C)Cc1cccc(N)c1. The Balaban J connectivity index is 2.12. The Bertz CT molecular complexity index is 331. The molecule has 0 bridgehead atoms. The lowest BCUT2D eigenvalue weighted by atomic mass is 10.2. The van der Waals surface area contributed by atoms with E-state index in [1.165, 1.54) is 5.56 Å². The van der Waals surface area contributed by atoms with Crippen molar-refractivity contribution in [2.45, 2.75) is 13.0 Å². The van der Waals surface area contributed by atoms with E-state index in [2.05, 4.69) is 18.0 Å². The summed E-state index contributed by atoms with van der Waals surface area (Å²) in [7, 11) is 3.79. The van der Waals surface area contributed by atoms with Gasteiger partial charge in [-0.15, -0.1) is 0 Å². The van der Waals surface area contributed by atoms with Gasteiger partial charge in [-0.2, -0.15) is 0 Å². The fraction of sp³-hybridized carbons (Fsp3) is 0.571. The zero-order valence-electron chi connectivity index (χ0n) is 11.4. The van der Waals surface area contributed by atoms with Crippen molar-refractivity contribution in [2.75, 3.05) is 46.3 Å². The Hall–Kier alpha value is -1.10. The first-order valence-corrected chi connectivity index (χ1v) is 6.32. The van der Waals surface area contributed by atoms with Crippen LogP contribution in [0.1, 0.15) is 12.0 Å². The summed E-state index contributed by atoms with van der Waals surface area (Å²) < 4.78 is 10.3. The fourth-order valence-corrected chi connectivity index (χ4v) is 1.76. The third-order valence-electron chi connectivity index (χ3n) is 2.66.